The third-order valence-electron chi connectivity index (χ3n) is 2.33. The lowest BCUT2D eigenvalue weighted by Gasteiger charge is -2.04. The highest BCUT2D eigenvalue weighted by Crippen LogP contribution is 2.23. The Morgan fingerprint density at radius 3 is 2.42 bits per heavy atom. The lowest BCUT2D eigenvalue weighted by Crippen LogP contribution is -1.92. The van der Waals surface area contributed by atoms with Gasteiger partial charge in [-0.1, -0.05) is 26.0 Å². The Hall–Kier alpha value is -2.54. The Labute approximate surface area is 111 Å². The van der Waals surface area contributed by atoms with E-state index in [0.29, 0.717) is 23.0 Å². The summed E-state index contributed by atoms with van der Waals surface area (Å²) in [6.45, 7) is 4.00. The molecular formula is C15H13FN2O. The van der Waals surface area contributed by atoms with Crippen LogP contribution in [0, 0.1) is 17.1 Å². The van der Waals surface area contributed by atoms with Crippen molar-refractivity contribution in [1.29, 1.82) is 5.26 Å². The van der Waals surface area contributed by atoms with E-state index in [-0.39, 0.29) is 11.5 Å². The Morgan fingerprint density at radius 1 is 1.26 bits per heavy atom. The maximum atomic E-state index is 12.8. The van der Waals surface area contributed by atoms with Gasteiger partial charge in [0, 0.05) is 11.8 Å². The minimum absolute atomic E-state index is 0.218. The van der Waals surface area contributed by atoms with Crippen molar-refractivity contribution in [3.8, 4) is 17.2 Å². The fourth-order valence-electron chi connectivity index (χ4n) is 1.50. The fraction of sp³-hybridized carbons (Fsp3) is 0.133. The molecule has 2 aromatic rings. The van der Waals surface area contributed by atoms with Crippen molar-refractivity contribution >= 4 is 6.29 Å². The second-order valence-corrected chi connectivity index (χ2v) is 3.39. The monoisotopic (exact) mass is 256 g/mol. The molecular weight excluding hydrogens is 243 g/mol. The number of halogens is 1. The van der Waals surface area contributed by atoms with Crippen molar-refractivity contribution < 1.29 is 9.18 Å². The lowest BCUT2D eigenvalue weighted by molar-refractivity contribution is 0.112. The molecule has 0 aliphatic carbocycles. The molecule has 0 fully saturated rings. The maximum absolute atomic E-state index is 12.8. The van der Waals surface area contributed by atoms with Crippen LogP contribution < -0.4 is 0 Å². The van der Waals surface area contributed by atoms with Crippen LogP contribution in [-0.2, 0) is 0 Å². The van der Waals surface area contributed by atoms with Crippen LogP contribution in [0.25, 0.3) is 11.1 Å². The van der Waals surface area contributed by atoms with Crippen LogP contribution in [0.15, 0.2) is 36.5 Å². The summed E-state index contributed by atoms with van der Waals surface area (Å²) in [6, 6.07) is 9.12. The number of nitriles is 1. The number of hydrogen-bond donors (Lipinski definition) is 0. The predicted octanol–water partition coefficient (Wildman–Crippen LogP) is 3.60. The van der Waals surface area contributed by atoms with Gasteiger partial charge in [0.15, 0.2) is 6.29 Å². The second kappa shape index (κ2) is 7.02. The molecule has 3 nitrogen and oxygen atoms in total. The summed E-state index contributed by atoms with van der Waals surface area (Å²) in [7, 11) is 0. The summed E-state index contributed by atoms with van der Waals surface area (Å²) in [5, 5.41) is 8.76. The standard InChI is InChI=1S/C13H7FN2O.C2H6/c14-11-3-1-9(2-4-11)13-5-12(6-15)16-7-10(13)8-17;1-2/h1-5,7-8H;1-2H3. The summed E-state index contributed by atoms with van der Waals surface area (Å²) < 4.78 is 12.8. The van der Waals surface area contributed by atoms with E-state index >= 15 is 0 Å². The molecule has 0 aliphatic heterocycles. The van der Waals surface area contributed by atoms with Gasteiger partial charge >= 0.3 is 0 Å². The van der Waals surface area contributed by atoms with Gasteiger partial charge in [-0.25, -0.2) is 9.37 Å². The van der Waals surface area contributed by atoms with Crippen LogP contribution in [0.2, 0.25) is 0 Å². The Kier molecular flexibility index (Phi) is 5.36. The Balaban J connectivity index is 0.000000861. The van der Waals surface area contributed by atoms with Crippen molar-refractivity contribution in [2.45, 2.75) is 13.8 Å². The highest BCUT2D eigenvalue weighted by Gasteiger charge is 2.07. The largest absolute Gasteiger partial charge is 0.298 e. The molecule has 1 aromatic carbocycles. The maximum Gasteiger partial charge on any atom is 0.152 e. The number of nitrogens with zero attached hydrogens (tertiary/aromatic N) is 2. The molecule has 0 N–H and O–H groups in total. The normalized spacial score (nSPS) is 8.95. The molecule has 4 heteroatoms. The summed E-state index contributed by atoms with van der Waals surface area (Å²) in [6.07, 6.45) is 2.00. The zero-order valence-electron chi connectivity index (χ0n) is 10.7. The van der Waals surface area contributed by atoms with Gasteiger partial charge in [0.25, 0.3) is 0 Å². The molecule has 0 aliphatic rings. The van der Waals surface area contributed by atoms with Crippen LogP contribution in [0.4, 0.5) is 4.39 Å². The van der Waals surface area contributed by atoms with E-state index in [0.717, 1.165) is 0 Å². The summed E-state index contributed by atoms with van der Waals surface area (Å²) >= 11 is 0. The molecule has 0 radical (unpaired) electrons. The molecule has 1 aromatic heterocycles. The zero-order valence-corrected chi connectivity index (χ0v) is 10.7. The number of carbonyl (C=O) groups excluding carboxylic acids is 1. The number of rotatable bonds is 2. The molecule has 0 spiro atoms. The molecule has 2 rings (SSSR count). The minimum atomic E-state index is -0.351. The van der Waals surface area contributed by atoms with E-state index in [2.05, 4.69) is 4.98 Å². The highest BCUT2D eigenvalue weighted by atomic mass is 19.1. The topological polar surface area (TPSA) is 53.8 Å². The van der Waals surface area contributed by atoms with E-state index in [1.165, 1.54) is 24.4 Å². The van der Waals surface area contributed by atoms with Crippen LogP contribution in [0.1, 0.15) is 29.9 Å². The number of aldehydes is 1. The van der Waals surface area contributed by atoms with Crippen molar-refractivity contribution in [1.82, 2.24) is 4.98 Å². The predicted molar refractivity (Wildman–Crippen MR) is 71.1 cm³/mol. The SMILES string of the molecule is CC.N#Cc1cc(-c2ccc(F)cc2)c(C=O)cn1. The molecule has 0 amide bonds. The smallest absolute Gasteiger partial charge is 0.152 e. The lowest BCUT2D eigenvalue weighted by atomic mass is 10.0. The number of carbonyl (C=O) groups is 1. The Morgan fingerprint density at radius 2 is 1.89 bits per heavy atom. The van der Waals surface area contributed by atoms with E-state index in [1.807, 2.05) is 19.9 Å². The fourth-order valence-corrected chi connectivity index (χ4v) is 1.50. The second-order valence-electron chi connectivity index (χ2n) is 3.39. The van der Waals surface area contributed by atoms with Crippen LogP contribution in [-0.4, -0.2) is 11.3 Å². The van der Waals surface area contributed by atoms with Gasteiger partial charge in [0.1, 0.15) is 17.6 Å². The molecule has 0 atom stereocenters. The van der Waals surface area contributed by atoms with Crippen molar-refractivity contribution in [3.63, 3.8) is 0 Å². The Bertz CT molecular complexity index is 601. The number of hydrogen-bond acceptors (Lipinski definition) is 3. The first-order valence-electron chi connectivity index (χ1n) is 5.86. The molecule has 1 heterocycles. The average Bonchev–Trinajstić information content (AvgIpc) is 2.49. The van der Waals surface area contributed by atoms with E-state index in [1.54, 1.807) is 12.1 Å². The van der Waals surface area contributed by atoms with Gasteiger partial charge in [0.05, 0.1) is 0 Å². The molecule has 0 saturated carbocycles. The minimum Gasteiger partial charge on any atom is -0.298 e. The van der Waals surface area contributed by atoms with E-state index < -0.39 is 0 Å². The average molecular weight is 256 g/mol. The van der Waals surface area contributed by atoms with Crippen LogP contribution >= 0.6 is 0 Å². The van der Waals surface area contributed by atoms with Crippen LogP contribution in [0.5, 0.6) is 0 Å². The van der Waals surface area contributed by atoms with Gasteiger partial charge in [-0.3, -0.25) is 4.79 Å². The molecule has 0 bridgehead atoms. The summed E-state index contributed by atoms with van der Waals surface area (Å²) in [5.41, 5.74) is 1.84. The van der Waals surface area contributed by atoms with Gasteiger partial charge < -0.3 is 0 Å². The number of benzene rings is 1. The third-order valence-corrected chi connectivity index (χ3v) is 2.33. The first-order chi connectivity index (χ1) is 9.24. The summed E-state index contributed by atoms with van der Waals surface area (Å²) in [5.74, 6) is -0.351. The molecule has 96 valence electrons. The third kappa shape index (κ3) is 3.46. The van der Waals surface area contributed by atoms with Gasteiger partial charge in [0.2, 0.25) is 0 Å². The van der Waals surface area contributed by atoms with E-state index in [9.17, 15) is 9.18 Å². The van der Waals surface area contributed by atoms with Crippen molar-refractivity contribution in [3.05, 3.63) is 53.6 Å². The van der Waals surface area contributed by atoms with Gasteiger partial charge in [-0.2, -0.15) is 5.26 Å². The van der Waals surface area contributed by atoms with E-state index in [4.69, 9.17) is 5.26 Å². The van der Waals surface area contributed by atoms with Crippen LogP contribution in [0.3, 0.4) is 0 Å². The van der Waals surface area contributed by atoms with Crippen molar-refractivity contribution in [2.75, 3.05) is 0 Å². The first-order valence-corrected chi connectivity index (χ1v) is 5.86. The van der Waals surface area contributed by atoms with Crippen molar-refractivity contribution in [2.24, 2.45) is 0 Å². The quantitative estimate of drug-likeness (QED) is 0.771. The van der Waals surface area contributed by atoms with Gasteiger partial charge in [-0.15, -0.1) is 0 Å². The number of pyridine rings is 1. The first kappa shape index (κ1) is 14.5. The highest BCUT2D eigenvalue weighted by molar-refractivity contribution is 5.87. The number of aromatic nitrogens is 1. The molecule has 0 saturated heterocycles. The van der Waals surface area contributed by atoms with Gasteiger partial charge in [-0.05, 0) is 29.3 Å². The molecule has 19 heavy (non-hydrogen) atoms. The summed E-state index contributed by atoms with van der Waals surface area (Å²) in [4.78, 5) is 14.7. The molecule has 0 unspecified atom stereocenters. The zero-order chi connectivity index (χ0) is 14.3.